The molecule has 0 saturated heterocycles. The average Bonchev–Trinajstić information content (AvgIpc) is 2.34. The van der Waals surface area contributed by atoms with Crippen LogP contribution >= 0.6 is 0 Å². The number of carboxylic acid groups (broad SMARTS) is 1. The van der Waals surface area contributed by atoms with Gasteiger partial charge in [-0.15, -0.1) is 0 Å². The van der Waals surface area contributed by atoms with Crippen molar-refractivity contribution in [3.05, 3.63) is 35.4 Å². The van der Waals surface area contributed by atoms with E-state index in [2.05, 4.69) is 43.4 Å². The van der Waals surface area contributed by atoms with Crippen LogP contribution in [-0.4, -0.2) is 17.1 Å². The monoisotopic (exact) mass is 249 g/mol. The van der Waals surface area contributed by atoms with Crippen LogP contribution in [-0.2, 0) is 11.3 Å². The lowest BCUT2D eigenvalue weighted by Crippen LogP contribution is -2.35. The zero-order chi connectivity index (χ0) is 13.5. The van der Waals surface area contributed by atoms with Crippen LogP contribution in [0.2, 0.25) is 0 Å². The van der Waals surface area contributed by atoms with Gasteiger partial charge in [0.1, 0.15) is 6.04 Å². The molecule has 0 aliphatic carbocycles. The molecule has 100 valence electrons. The van der Waals surface area contributed by atoms with Crippen molar-refractivity contribution in [1.29, 1.82) is 0 Å². The summed E-state index contributed by atoms with van der Waals surface area (Å²) in [5.74, 6) is -0.241. The van der Waals surface area contributed by atoms with Gasteiger partial charge >= 0.3 is 5.97 Å². The number of benzene rings is 1. The molecule has 0 aliphatic rings. The third-order valence-electron chi connectivity index (χ3n) is 3.07. The fourth-order valence-electron chi connectivity index (χ4n) is 1.86. The highest BCUT2D eigenvalue weighted by molar-refractivity contribution is 5.73. The molecule has 1 aromatic rings. The Hall–Kier alpha value is -1.35. The van der Waals surface area contributed by atoms with Crippen molar-refractivity contribution in [3.63, 3.8) is 0 Å². The normalized spacial score (nSPS) is 12.7. The zero-order valence-corrected chi connectivity index (χ0v) is 11.4. The van der Waals surface area contributed by atoms with Gasteiger partial charge in [-0.1, -0.05) is 51.5 Å². The zero-order valence-electron chi connectivity index (χ0n) is 11.4. The van der Waals surface area contributed by atoms with Crippen LogP contribution < -0.4 is 5.32 Å². The fourth-order valence-corrected chi connectivity index (χ4v) is 1.86. The van der Waals surface area contributed by atoms with Gasteiger partial charge in [0.2, 0.25) is 0 Å². The first kappa shape index (κ1) is 14.7. The maximum Gasteiger partial charge on any atom is 0.320 e. The molecule has 0 heterocycles. The average molecular weight is 249 g/mol. The number of hydrogen-bond acceptors (Lipinski definition) is 2. The summed E-state index contributed by atoms with van der Waals surface area (Å²) in [6.45, 7) is 6.92. The van der Waals surface area contributed by atoms with E-state index in [9.17, 15) is 4.79 Å². The number of carbonyl (C=O) groups is 1. The SMILES string of the molecule is CCCC(NCc1ccc(C(C)C)cc1)C(=O)O. The Bertz CT molecular complexity index is 371. The molecule has 1 atom stereocenters. The van der Waals surface area contributed by atoms with E-state index in [-0.39, 0.29) is 0 Å². The molecule has 3 nitrogen and oxygen atoms in total. The Morgan fingerprint density at radius 1 is 1.28 bits per heavy atom. The van der Waals surface area contributed by atoms with Crippen LogP contribution in [0.4, 0.5) is 0 Å². The first-order valence-electron chi connectivity index (χ1n) is 6.59. The van der Waals surface area contributed by atoms with Crippen LogP contribution in [0.15, 0.2) is 24.3 Å². The van der Waals surface area contributed by atoms with Crippen LogP contribution in [0, 0.1) is 0 Å². The molecule has 1 aromatic carbocycles. The van der Waals surface area contributed by atoms with E-state index in [0.717, 1.165) is 12.0 Å². The van der Waals surface area contributed by atoms with Crippen molar-refractivity contribution in [3.8, 4) is 0 Å². The topological polar surface area (TPSA) is 49.3 Å². The minimum Gasteiger partial charge on any atom is -0.480 e. The third-order valence-corrected chi connectivity index (χ3v) is 3.07. The first-order valence-corrected chi connectivity index (χ1v) is 6.59. The highest BCUT2D eigenvalue weighted by Crippen LogP contribution is 2.14. The van der Waals surface area contributed by atoms with Gasteiger partial charge in [-0.25, -0.2) is 0 Å². The quantitative estimate of drug-likeness (QED) is 0.780. The van der Waals surface area contributed by atoms with Crippen LogP contribution in [0.25, 0.3) is 0 Å². The number of carboxylic acids is 1. The molecular formula is C15H23NO2. The molecule has 0 aromatic heterocycles. The molecule has 2 N–H and O–H groups in total. The van der Waals surface area contributed by atoms with Gasteiger partial charge in [-0.2, -0.15) is 0 Å². The highest BCUT2D eigenvalue weighted by atomic mass is 16.4. The predicted molar refractivity (Wildman–Crippen MR) is 73.7 cm³/mol. The lowest BCUT2D eigenvalue weighted by molar-refractivity contribution is -0.139. The van der Waals surface area contributed by atoms with E-state index >= 15 is 0 Å². The van der Waals surface area contributed by atoms with E-state index in [1.165, 1.54) is 5.56 Å². The van der Waals surface area contributed by atoms with Gasteiger partial charge < -0.3 is 10.4 Å². The first-order chi connectivity index (χ1) is 8.54. The van der Waals surface area contributed by atoms with Gasteiger partial charge in [0.25, 0.3) is 0 Å². The minimum absolute atomic E-state index is 0.445. The number of rotatable bonds is 7. The summed E-state index contributed by atoms with van der Waals surface area (Å²) < 4.78 is 0. The molecule has 0 amide bonds. The molecule has 0 saturated carbocycles. The molecule has 18 heavy (non-hydrogen) atoms. The lowest BCUT2D eigenvalue weighted by atomic mass is 10.0. The summed E-state index contributed by atoms with van der Waals surface area (Å²) >= 11 is 0. The van der Waals surface area contributed by atoms with Crippen molar-refractivity contribution in [2.75, 3.05) is 0 Å². The van der Waals surface area contributed by atoms with Crippen molar-refractivity contribution >= 4 is 5.97 Å². The summed E-state index contributed by atoms with van der Waals surface area (Å²) in [5, 5.41) is 12.1. The Morgan fingerprint density at radius 3 is 2.33 bits per heavy atom. The summed E-state index contributed by atoms with van der Waals surface area (Å²) in [6, 6.07) is 7.90. The molecule has 0 aliphatic heterocycles. The van der Waals surface area contributed by atoms with Gasteiger partial charge in [0.05, 0.1) is 0 Å². The van der Waals surface area contributed by atoms with Crippen molar-refractivity contribution in [2.45, 2.75) is 52.1 Å². The third kappa shape index (κ3) is 4.49. The van der Waals surface area contributed by atoms with Crippen LogP contribution in [0.1, 0.15) is 50.7 Å². The van der Waals surface area contributed by atoms with Crippen LogP contribution in [0.3, 0.4) is 0 Å². The summed E-state index contributed by atoms with van der Waals surface area (Å²) in [6.07, 6.45) is 1.54. The van der Waals surface area contributed by atoms with Gasteiger partial charge in [-0.05, 0) is 23.5 Å². The number of hydrogen-bond donors (Lipinski definition) is 2. The summed E-state index contributed by atoms with van der Waals surface area (Å²) in [4.78, 5) is 11.0. The predicted octanol–water partition coefficient (Wildman–Crippen LogP) is 3.15. The molecule has 0 bridgehead atoms. The van der Waals surface area contributed by atoms with E-state index in [1.54, 1.807) is 0 Å². The maximum absolute atomic E-state index is 11.0. The van der Waals surface area contributed by atoms with Crippen LogP contribution in [0.5, 0.6) is 0 Å². The molecule has 0 spiro atoms. The second-order valence-corrected chi connectivity index (χ2v) is 4.96. The Labute approximate surface area is 109 Å². The smallest absolute Gasteiger partial charge is 0.320 e. The Morgan fingerprint density at radius 2 is 1.89 bits per heavy atom. The lowest BCUT2D eigenvalue weighted by Gasteiger charge is -2.14. The second-order valence-electron chi connectivity index (χ2n) is 4.96. The maximum atomic E-state index is 11.0. The Kier molecular flexibility index (Phi) is 5.86. The van der Waals surface area contributed by atoms with E-state index in [0.29, 0.717) is 18.9 Å². The molecular weight excluding hydrogens is 226 g/mol. The van der Waals surface area contributed by atoms with E-state index in [1.807, 2.05) is 6.92 Å². The molecule has 1 rings (SSSR count). The van der Waals surface area contributed by atoms with E-state index in [4.69, 9.17) is 5.11 Å². The number of nitrogens with one attached hydrogen (secondary N) is 1. The molecule has 0 fully saturated rings. The number of aliphatic carboxylic acids is 1. The largest absolute Gasteiger partial charge is 0.480 e. The standard InChI is InChI=1S/C15H23NO2/c1-4-5-14(15(17)18)16-10-12-6-8-13(9-7-12)11(2)3/h6-9,11,14,16H,4-5,10H2,1-3H3,(H,17,18). The molecule has 1 unspecified atom stereocenters. The van der Waals surface area contributed by atoms with Crippen molar-refractivity contribution in [2.24, 2.45) is 0 Å². The van der Waals surface area contributed by atoms with Gasteiger partial charge in [-0.3, -0.25) is 4.79 Å². The van der Waals surface area contributed by atoms with Gasteiger partial charge in [0, 0.05) is 6.54 Å². The fraction of sp³-hybridized carbons (Fsp3) is 0.533. The second kappa shape index (κ2) is 7.17. The van der Waals surface area contributed by atoms with Crippen molar-refractivity contribution in [1.82, 2.24) is 5.32 Å². The van der Waals surface area contributed by atoms with E-state index < -0.39 is 12.0 Å². The summed E-state index contributed by atoms with van der Waals surface area (Å²) in [7, 11) is 0. The molecule has 0 radical (unpaired) electrons. The summed E-state index contributed by atoms with van der Waals surface area (Å²) in [5.41, 5.74) is 2.43. The van der Waals surface area contributed by atoms with Gasteiger partial charge in [0.15, 0.2) is 0 Å². The highest BCUT2D eigenvalue weighted by Gasteiger charge is 2.14. The Balaban J connectivity index is 2.54. The van der Waals surface area contributed by atoms with Crippen molar-refractivity contribution < 1.29 is 9.90 Å². The minimum atomic E-state index is -0.768. The molecule has 3 heteroatoms.